The van der Waals surface area contributed by atoms with Crippen molar-refractivity contribution in [1.29, 1.82) is 0 Å². The van der Waals surface area contributed by atoms with Crippen molar-refractivity contribution in [3.05, 3.63) is 54.4 Å². The van der Waals surface area contributed by atoms with Crippen LogP contribution in [0.4, 0.5) is 5.69 Å². The molecule has 0 radical (unpaired) electrons. The summed E-state index contributed by atoms with van der Waals surface area (Å²) in [7, 11) is 1.70. The molecule has 116 valence electrons. The lowest BCUT2D eigenvalue weighted by atomic mass is 10.2. The lowest BCUT2D eigenvalue weighted by Crippen LogP contribution is -2.46. The molecule has 4 heteroatoms. The minimum Gasteiger partial charge on any atom is -0.497 e. The first-order chi connectivity index (χ1) is 10.8. The number of pyridine rings is 1. The molecule has 22 heavy (non-hydrogen) atoms. The highest BCUT2D eigenvalue weighted by molar-refractivity contribution is 5.49. The van der Waals surface area contributed by atoms with Gasteiger partial charge in [0.05, 0.1) is 7.11 Å². The Balaban J connectivity index is 1.47. The van der Waals surface area contributed by atoms with Gasteiger partial charge in [-0.25, -0.2) is 0 Å². The predicted molar refractivity (Wildman–Crippen MR) is 89.6 cm³/mol. The molecule has 1 aromatic heterocycles. The molecule has 0 unspecified atom stereocenters. The number of hydrogen-bond donors (Lipinski definition) is 0. The van der Waals surface area contributed by atoms with Crippen molar-refractivity contribution in [2.75, 3.05) is 44.7 Å². The first kappa shape index (κ1) is 14.9. The van der Waals surface area contributed by atoms with Gasteiger partial charge in [0.1, 0.15) is 5.75 Å². The van der Waals surface area contributed by atoms with Gasteiger partial charge in [0.2, 0.25) is 0 Å². The van der Waals surface area contributed by atoms with Crippen LogP contribution in [0.2, 0.25) is 0 Å². The van der Waals surface area contributed by atoms with Crippen molar-refractivity contribution in [3.63, 3.8) is 0 Å². The number of benzene rings is 1. The molecular weight excluding hydrogens is 274 g/mol. The zero-order chi connectivity index (χ0) is 15.2. The summed E-state index contributed by atoms with van der Waals surface area (Å²) in [5.74, 6) is 0.916. The third-order valence-corrected chi connectivity index (χ3v) is 4.28. The fraction of sp³-hybridized carbons (Fsp3) is 0.389. The standard InChI is InChI=1S/C18H23N3O/c1-22-18-4-2-17(3-5-18)21-14-12-20(13-15-21)11-8-16-6-9-19-10-7-16/h2-7,9-10H,8,11-15H2,1H3. The second-order valence-electron chi connectivity index (χ2n) is 5.63. The zero-order valence-corrected chi connectivity index (χ0v) is 13.1. The van der Waals surface area contributed by atoms with Crippen LogP contribution >= 0.6 is 0 Å². The maximum absolute atomic E-state index is 5.22. The highest BCUT2D eigenvalue weighted by Gasteiger charge is 2.16. The molecule has 0 atom stereocenters. The number of rotatable bonds is 5. The number of ether oxygens (including phenoxy) is 1. The molecule has 1 aliphatic rings. The van der Waals surface area contributed by atoms with Crippen LogP contribution in [0.15, 0.2) is 48.8 Å². The number of hydrogen-bond acceptors (Lipinski definition) is 4. The number of aromatic nitrogens is 1. The van der Waals surface area contributed by atoms with E-state index in [-0.39, 0.29) is 0 Å². The molecule has 0 N–H and O–H groups in total. The molecule has 0 spiro atoms. The van der Waals surface area contributed by atoms with Crippen LogP contribution in [0.3, 0.4) is 0 Å². The molecule has 2 aromatic rings. The van der Waals surface area contributed by atoms with Gasteiger partial charge in [-0.2, -0.15) is 0 Å². The quantitative estimate of drug-likeness (QED) is 0.847. The van der Waals surface area contributed by atoms with Crippen molar-refractivity contribution in [3.8, 4) is 5.75 Å². The molecule has 0 bridgehead atoms. The van der Waals surface area contributed by atoms with E-state index < -0.39 is 0 Å². The fourth-order valence-electron chi connectivity index (χ4n) is 2.86. The molecule has 0 aliphatic carbocycles. The topological polar surface area (TPSA) is 28.6 Å². The van der Waals surface area contributed by atoms with Gasteiger partial charge >= 0.3 is 0 Å². The van der Waals surface area contributed by atoms with Crippen LogP contribution in [0.25, 0.3) is 0 Å². The van der Waals surface area contributed by atoms with Gasteiger partial charge in [-0.05, 0) is 48.4 Å². The van der Waals surface area contributed by atoms with E-state index in [0.29, 0.717) is 0 Å². The predicted octanol–water partition coefficient (Wildman–Crippen LogP) is 2.45. The number of piperazine rings is 1. The molecule has 0 saturated carbocycles. The average molecular weight is 297 g/mol. The molecule has 3 rings (SSSR count). The van der Waals surface area contributed by atoms with Gasteiger partial charge in [0, 0.05) is 50.8 Å². The van der Waals surface area contributed by atoms with E-state index in [2.05, 4.69) is 39.0 Å². The van der Waals surface area contributed by atoms with Crippen molar-refractivity contribution in [2.24, 2.45) is 0 Å². The maximum atomic E-state index is 5.22. The van der Waals surface area contributed by atoms with E-state index in [0.717, 1.165) is 44.9 Å². The lowest BCUT2D eigenvalue weighted by Gasteiger charge is -2.36. The van der Waals surface area contributed by atoms with Crippen LogP contribution in [0, 0.1) is 0 Å². The van der Waals surface area contributed by atoms with Crippen molar-refractivity contribution in [2.45, 2.75) is 6.42 Å². The van der Waals surface area contributed by atoms with Crippen molar-refractivity contribution >= 4 is 5.69 Å². The van der Waals surface area contributed by atoms with Crippen LogP contribution in [-0.4, -0.2) is 49.7 Å². The molecule has 4 nitrogen and oxygen atoms in total. The Morgan fingerprint density at radius 3 is 2.27 bits per heavy atom. The van der Waals surface area contributed by atoms with E-state index >= 15 is 0 Å². The van der Waals surface area contributed by atoms with Crippen LogP contribution in [0.5, 0.6) is 5.75 Å². The first-order valence-corrected chi connectivity index (χ1v) is 7.85. The Morgan fingerprint density at radius 2 is 1.64 bits per heavy atom. The summed E-state index contributed by atoms with van der Waals surface area (Å²) < 4.78 is 5.22. The van der Waals surface area contributed by atoms with E-state index in [1.165, 1.54) is 11.3 Å². The van der Waals surface area contributed by atoms with Gasteiger partial charge < -0.3 is 9.64 Å². The monoisotopic (exact) mass is 297 g/mol. The second-order valence-corrected chi connectivity index (χ2v) is 5.63. The Hall–Kier alpha value is -2.07. The third kappa shape index (κ3) is 3.77. The smallest absolute Gasteiger partial charge is 0.119 e. The maximum Gasteiger partial charge on any atom is 0.119 e. The second kappa shape index (κ2) is 7.27. The Labute approximate surface area is 132 Å². The summed E-state index contributed by atoms with van der Waals surface area (Å²) in [6.07, 6.45) is 4.85. The van der Waals surface area contributed by atoms with Gasteiger partial charge in [0.25, 0.3) is 0 Å². The van der Waals surface area contributed by atoms with E-state index in [9.17, 15) is 0 Å². The summed E-state index contributed by atoms with van der Waals surface area (Å²) in [4.78, 5) is 9.06. The molecule has 1 fully saturated rings. The summed E-state index contributed by atoms with van der Waals surface area (Å²) in [6.45, 7) is 5.54. The van der Waals surface area contributed by atoms with Crippen LogP contribution < -0.4 is 9.64 Å². The lowest BCUT2D eigenvalue weighted by molar-refractivity contribution is 0.261. The Kier molecular flexibility index (Phi) is 4.91. The van der Waals surface area contributed by atoms with Crippen LogP contribution in [-0.2, 0) is 6.42 Å². The molecule has 2 heterocycles. The SMILES string of the molecule is COc1ccc(N2CCN(CCc3ccncc3)CC2)cc1. The van der Waals surface area contributed by atoms with E-state index in [4.69, 9.17) is 4.74 Å². The van der Waals surface area contributed by atoms with Crippen molar-refractivity contribution < 1.29 is 4.74 Å². The molecule has 1 saturated heterocycles. The molecule has 1 aromatic carbocycles. The summed E-state index contributed by atoms with van der Waals surface area (Å²) in [5.41, 5.74) is 2.65. The average Bonchev–Trinajstić information content (AvgIpc) is 2.61. The number of methoxy groups -OCH3 is 1. The summed E-state index contributed by atoms with van der Waals surface area (Å²) in [5, 5.41) is 0. The number of nitrogens with zero attached hydrogens (tertiary/aromatic N) is 3. The van der Waals surface area contributed by atoms with E-state index in [1.54, 1.807) is 7.11 Å². The van der Waals surface area contributed by atoms with Crippen LogP contribution in [0.1, 0.15) is 5.56 Å². The van der Waals surface area contributed by atoms with Gasteiger partial charge in [-0.1, -0.05) is 0 Å². The minimum atomic E-state index is 0.916. The van der Waals surface area contributed by atoms with Gasteiger partial charge in [0.15, 0.2) is 0 Å². The van der Waals surface area contributed by atoms with Gasteiger partial charge in [-0.3, -0.25) is 9.88 Å². The Bertz CT molecular complexity index is 563. The largest absolute Gasteiger partial charge is 0.497 e. The molecule has 1 aliphatic heterocycles. The highest BCUT2D eigenvalue weighted by Crippen LogP contribution is 2.20. The minimum absolute atomic E-state index is 0.916. The van der Waals surface area contributed by atoms with E-state index in [1.807, 2.05) is 24.5 Å². The first-order valence-electron chi connectivity index (χ1n) is 7.85. The number of anilines is 1. The van der Waals surface area contributed by atoms with Gasteiger partial charge in [-0.15, -0.1) is 0 Å². The molecular formula is C18H23N3O. The fourth-order valence-corrected chi connectivity index (χ4v) is 2.86. The van der Waals surface area contributed by atoms with Crippen molar-refractivity contribution in [1.82, 2.24) is 9.88 Å². The normalized spacial score (nSPS) is 15.8. The highest BCUT2D eigenvalue weighted by atomic mass is 16.5. The summed E-state index contributed by atoms with van der Waals surface area (Å²) in [6, 6.07) is 12.6. The summed E-state index contributed by atoms with van der Waals surface area (Å²) >= 11 is 0. The Morgan fingerprint density at radius 1 is 0.955 bits per heavy atom. The molecule has 0 amide bonds. The zero-order valence-electron chi connectivity index (χ0n) is 13.1. The third-order valence-electron chi connectivity index (χ3n) is 4.28.